The Hall–Kier alpha value is -0.940. The lowest BCUT2D eigenvalue weighted by molar-refractivity contribution is 0.162. The molecular formula is C12H16N2O3S2. The molecule has 1 aliphatic rings. The van der Waals surface area contributed by atoms with Crippen LogP contribution in [0.1, 0.15) is 16.2 Å². The second-order valence-corrected chi connectivity index (χ2v) is 8.09. The number of hydrogen-bond donors (Lipinski definition) is 0. The van der Waals surface area contributed by atoms with E-state index < -0.39 is 15.6 Å². The van der Waals surface area contributed by atoms with Gasteiger partial charge >= 0.3 is 0 Å². The van der Waals surface area contributed by atoms with Gasteiger partial charge in [-0.3, -0.25) is 0 Å². The number of aryl methyl sites for hydroxylation is 2. The minimum absolute atomic E-state index is 0.126. The highest BCUT2D eigenvalue weighted by Gasteiger charge is 2.45. The molecule has 1 atom stereocenters. The van der Waals surface area contributed by atoms with Crippen LogP contribution in [0.4, 0.5) is 0 Å². The van der Waals surface area contributed by atoms with Gasteiger partial charge in [-0.05, 0) is 19.9 Å². The molecule has 1 aromatic rings. The summed E-state index contributed by atoms with van der Waals surface area (Å²) in [6, 6.07) is 3.76. The van der Waals surface area contributed by atoms with E-state index in [1.54, 1.807) is 13.0 Å². The van der Waals surface area contributed by atoms with Crippen LogP contribution < -0.4 is 0 Å². The minimum atomic E-state index is -3.66. The third-order valence-corrected chi connectivity index (χ3v) is 6.59. The summed E-state index contributed by atoms with van der Waals surface area (Å²) in [6.45, 7) is 4.19. The molecular weight excluding hydrogens is 284 g/mol. The summed E-state index contributed by atoms with van der Waals surface area (Å²) in [6.07, 6.45) is 0.404. The molecule has 104 valence electrons. The highest BCUT2D eigenvalue weighted by Crippen LogP contribution is 2.33. The summed E-state index contributed by atoms with van der Waals surface area (Å²) in [4.78, 5) is 1.98. The maximum Gasteiger partial charge on any atom is 0.245 e. The Morgan fingerprint density at radius 1 is 1.53 bits per heavy atom. The standard InChI is InChI=1S/C12H16N2O3S2/c1-9-6-11(10(2)18-9)19(15,16)14(3)12(7-13)4-5-17-8-12/h6H,4-5,8H2,1-3H3. The SMILES string of the molecule is Cc1cc(S(=O)(=O)N(C)C2(C#N)CCOC2)c(C)s1. The zero-order valence-corrected chi connectivity index (χ0v) is 12.8. The fourth-order valence-corrected chi connectivity index (χ4v) is 5.17. The first-order valence-electron chi connectivity index (χ1n) is 5.88. The van der Waals surface area contributed by atoms with Crippen molar-refractivity contribution in [1.29, 1.82) is 5.26 Å². The summed E-state index contributed by atoms with van der Waals surface area (Å²) < 4.78 is 31.7. The molecule has 0 N–H and O–H groups in total. The number of sulfonamides is 1. The molecule has 7 heteroatoms. The maximum atomic E-state index is 12.6. The largest absolute Gasteiger partial charge is 0.378 e. The first kappa shape index (κ1) is 14.5. The Morgan fingerprint density at radius 3 is 2.63 bits per heavy atom. The van der Waals surface area contributed by atoms with Crippen molar-refractivity contribution in [2.45, 2.75) is 30.7 Å². The van der Waals surface area contributed by atoms with Crippen LogP contribution >= 0.6 is 11.3 Å². The van der Waals surface area contributed by atoms with E-state index in [4.69, 9.17) is 4.74 Å². The Balaban J connectivity index is 2.45. The molecule has 1 aromatic heterocycles. The van der Waals surface area contributed by atoms with E-state index in [1.165, 1.54) is 22.7 Å². The van der Waals surface area contributed by atoms with E-state index in [0.29, 0.717) is 17.9 Å². The average Bonchev–Trinajstić information content (AvgIpc) is 2.95. The van der Waals surface area contributed by atoms with Gasteiger partial charge in [0.15, 0.2) is 0 Å². The van der Waals surface area contributed by atoms with Crippen LogP contribution in [0.3, 0.4) is 0 Å². The van der Waals surface area contributed by atoms with Gasteiger partial charge in [-0.1, -0.05) is 0 Å². The van der Waals surface area contributed by atoms with Crippen molar-refractivity contribution < 1.29 is 13.2 Å². The monoisotopic (exact) mass is 300 g/mol. The zero-order valence-electron chi connectivity index (χ0n) is 11.1. The lowest BCUT2D eigenvalue weighted by Gasteiger charge is -2.29. The molecule has 5 nitrogen and oxygen atoms in total. The molecule has 0 amide bonds. The second-order valence-electron chi connectivity index (χ2n) is 4.70. The first-order valence-corrected chi connectivity index (χ1v) is 8.14. The number of likely N-dealkylation sites (N-methyl/N-ethyl adjacent to an activating group) is 1. The van der Waals surface area contributed by atoms with Crippen molar-refractivity contribution in [2.24, 2.45) is 0 Å². The summed E-state index contributed by atoms with van der Waals surface area (Å²) >= 11 is 1.44. The molecule has 1 aliphatic heterocycles. The summed E-state index contributed by atoms with van der Waals surface area (Å²) in [7, 11) is -2.20. The highest BCUT2D eigenvalue weighted by atomic mass is 32.2. The molecule has 0 saturated carbocycles. The molecule has 2 heterocycles. The Morgan fingerprint density at radius 2 is 2.21 bits per heavy atom. The van der Waals surface area contributed by atoms with Gasteiger partial charge in [0.05, 0.1) is 17.6 Å². The van der Waals surface area contributed by atoms with Crippen molar-refractivity contribution in [3.05, 3.63) is 15.8 Å². The van der Waals surface area contributed by atoms with Gasteiger partial charge in [0.1, 0.15) is 5.54 Å². The predicted molar refractivity (Wildman–Crippen MR) is 72.5 cm³/mol. The Kier molecular flexibility index (Phi) is 3.71. The molecule has 2 rings (SSSR count). The van der Waals surface area contributed by atoms with Gasteiger partial charge in [0.25, 0.3) is 0 Å². The molecule has 1 fully saturated rings. The number of rotatable bonds is 3. The summed E-state index contributed by atoms with van der Waals surface area (Å²) in [5.41, 5.74) is -1.08. The smallest absolute Gasteiger partial charge is 0.245 e. The molecule has 19 heavy (non-hydrogen) atoms. The van der Waals surface area contributed by atoms with Crippen LogP contribution in [-0.4, -0.2) is 38.5 Å². The Bertz CT molecular complexity index is 622. The van der Waals surface area contributed by atoms with Gasteiger partial charge < -0.3 is 4.74 Å². The van der Waals surface area contributed by atoms with Crippen LogP contribution in [0.25, 0.3) is 0 Å². The highest BCUT2D eigenvalue weighted by molar-refractivity contribution is 7.89. The number of hydrogen-bond acceptors (Lipinski definition) is 5. The van der Waals surface area contributed by atoms with Crippen molar-refractivity contribution in [2.75, 3.05) is 20.3 Å². The van der Waals surface area contributed by atoms with Gasteiger partial charge in [0.2, 0.25) is 10.0 Å². The fraction of sp³-hybridized carbons (Fsp3) is 0.583. The van der Waals surface area contributed by atoms with Crippen molar-refractivity contribution >= 4 is 21.4 Å². The van der Waals surface area contributed by atoms with Gasteiger partial charge in [0, 0.05) is 29.8 Å². The van der Waals surface area contributed by atoms with E-state index in [-0.39, 0.29) is 6.61 Å². The number of nitriles is 1. The molecule has 0 aliphatic carbocycles. The molecule has 1 saturated heterocycles. The van der Waals surface area contributed by atoms with Crippen molar-refractivity contribution in [1.82, 2.24) is 4.31 Å². The number of thiophene rings is 1. The number of ether oxygens (including phenoxy) is 1. The van der Waals surface area contributed by atoms with Crippen LogP contribution in [0.5, 0.6) is 0 Å². The van der Waals surface area contributed by atoms with Crippen LogP contribution in [-0.2, 0) is 14.8 Å². The topological polar surface area (TPSA) is 70.4 Å². The van der Waals surface area contributed by atoms with Gasteiger partial charge in [-0.15, -0.1) is 11.3 Å². The quantitative estimate of drug-likeness (QED) is 0.851. The summed E-state index contributed by atoms with van der Waals surface area (Å²) in [5.74, 6) is 0. The van der Waals surface area contributed by atoms with Crippen LogP contribution in [0.2, 0.25) is 0 Å². The zero-order chi connectivity index (χ0) is 14.3. The predicted octanol–water partition coefficient (Wildman–Crippen LogP) is 1.67. The van der Waals surface area contributed by atoms with E-state index >= 15 is 0 Å². The van der Waals surface area contributed by atoms with E-state index in [9.17, 15) is 13.7 Å². The van der Waals surface area contributed by atoms with Crippen LogP contribution in [0, 0.1) is 25.2 Å². The number of nitrogens with zero attached hydrogens (tertiary/aromatic N) is 2. The van der Waals surface area contributed by atoms with Crippen LogP contribution in [0.15, 0.2) is 11.0 Å². The fourth-order valence-electron chi connectivity index (χ4n) is 2.20. The van der Waals surface area contributed by atoms with E-state index in [0.717, 1.165) is 9.75 Å². The van der Waals surface area contributed by atoms with Gasteiger partial charge in [-0.25, -0.2) is 8.42 Å². The second kappa shape index (κ2) is 4.87. The first-order chi connectivity index (χ1) is 8.83. The van der Waals surface area contributed by atoms with Crippen molar-refractivity contribution in [3.8, 4) is 6.07 Å². The molecule has 0 bridgehead atoms. The Labute approximate surface area is 117 Å². The third kappa shape index (κ3) is 2.30. The maximum absolute atomic E-state index is 12.6. The molecule has 0 spiro atoms. The molecule has 0 radical (unpaired) electrons. The minimum Gasteiger partial charge on any atom is -0.378 e. The van der Waals surface area contributed by atoms with E-state index in [1.807, 2.05) is 6.92 Å². The lowest BCUT2D eigenvalue weighted by atomic mass is 10.0. The van der Waals surface area contributed by atoms with Gasteiger partial charge in [-0.2, -0.15) is 9.57 Å². The average molecular weight is 300 g/mol. The molecule has 1 unspecified atom stereocenters. The summed E-state index contributed by atoms with van der Waals surface area (Å²) in [5, 5.41) is 9.34. The molecule has 0 aromatic carbocycles. The van der Waals surface area contributed by atoms with E-state index in [2.05, 4.69) is 6.07 Å². The van der Waals surface area contributed by atoms with Crippen molar-refractivity contribution in [3.63, 3.8) is 0 Å². The third-order valence-electron chi connectivity index (χ3n) is 3.45. The normalized spacial score (nSPS) is 23.7. The lowest BCUT2D eigenvalue weighted by Crippen LogP contribution is -2.49.